The molecular weight excluding hydrogens is 242 g/mol. The first-order chi connectivity index (χ1) is 8.83. The van der Waals surface area contributed by atoms with Crippen LogP contribution in [-0.2, 0) is 6.42 Å². The highest BCUT2D eigenvalue weighted by atomic mass is 32.2. The summed E-state index contributed by atoms with van der Waals surface area (Å²) in [6, 6.07) is 12.2. The molecule has 0 aliphatic carbocycles. The molecule has 0 bridgehead atoms. The monoisotopic (exact) mass is 259 g/mol. The molecule has 94 valence electrons. The van der Waals surface area contributed by atoms with Gasteiger partial charge in [0, 0.05) is 17.5 Å². The fourth-order valence-corrected chi connectivity index (χ4v) is 3.79. The van der Waals surface area contributed by atoms with Gasteiger partial charge in [-0.3, -0.25) is 4.98 Å². The number of fused-ring (bicyclic) bond motifs is 1. The highest BCUT2D eigenvalue weighted by Gasteiger charge is 2.24. The first kappa shape index (κ1) is 12.0. The number of benzene rings is 1. The Kier molecular flexibility index (Phi) is 3.52. The average Bonchev–Trinajstić information content (AvgIpc) is 2.92. The molecule has 0 radical (unpaired) electrons. The number of para-hydroxylation sites is 1. The zero-order chi connectivity index (χ0) is 12.4. The van der Waals surface area contributed by atoms with Gasteiger partial charge in [-0.2, -0.15) is 11.8 Å². The predicted molar refractivity (Wildman–Crippen MR) is 76.9 cm³/mol. The SMILES string of the molecule is OC(Cc1ccc2ccccc2n1)C1CCSC1. The van der Waals surface area contributed by atoms with Crippen molar-refractivity contribution >= 4 is 22.7 Å². The molecular formula is C15H17NOS. The second-order valence-corrected chi connectivity index (χ2v) is 6.04. The first-order valence-electron chi connectivity index (χ1n) is 6.43. The van der Waals surface area contributed by atoms with Crippen LogP contribution in [0, 0.1) is 5.92 Å². The lowest BCUT2D eigenvalue weighted by Gasteiger charge is -2.16. The van der Waals surface area contributed by atoms with Crippen molar-refractivity contribution in [2.24, 2.45) is 5.92 Å². The molecule has 1 fully saturated rings. The van der Waals surface area contributed by atoms with Crippen molar-refractivity contribution in [2.75, 3.05) is 11.5 Å². The number of hydrogen-bond donors (Lipinski definition) is 1. The fraction of sp³-hybridized carbons (Fsp3) is 0.400. The van der Waals surface area contributed by atoms with E-state index < -0.39 is 0 Å². The van der Waals surface area contributed by atoms with Crippen molar-refractivity contribution in [3.63, 3.8) is 0 Å². The Labute approximate surface area is 111 Å². The van der Waals surface area contributed by atoms with Gasteiger partial charge in [-0.05, 0) is 36.0 Å². The Morgan fingerprint density at radius 3 is 3.00 bits per heavy atom. The number of nitrogens with zero attached hydrogens (tertiary/aromatic N) is 1. The highest BCUT2D eigenvalue weighted by molar-refractivity contribution is 7.99. The third kappa shape index (κ3) is 2.52. The van der Waals surface area contributed by atoms with Crippen LogP contribution in [0.5, 0.6) is 0 Å². The van der Waals surface area contributed by atoms with Crippen LogP contribution in [0.1, 0.15) is 12.1 Å². The summed E-state index contributed by atoms with van der Waals surface area (Å²) < 4.78 is 0. The standard InChI is InChI=1S/C15H17NOS/c17-15(12-7-8-18-10-12)9-13-6-5-11-3-1-2-4-14(11)16-13/h1-6,12,15,17H,7-10H2. The van der Waals surface area contributed by atoms with Gasteiger partial charge in [-0.1, -0.05) is 24.3 Å². The number of aliphatic hydroxyl groups is 1. The molecule has 2 nitrogen and oxygen atoms in total. The van der Waals surface area contributed by atoms with Crippen LogP contribution >= 0.6 is 11.8 Å². The van der Waals surface area contributed by atoms with Crippen molar-refractivity contribution in [2.45, 2.75) is 18.9 Å². The summed E-state index contributed by atoms with van der Waals surface area (Å²) in [6.07, 6.45) is 1.57. The number of thioether (sulfide) groups is 1. The lowest BCUT2D eigenvalue weighted by Crippen LogP contribution is -2.22. The van der Waals surface area contributed by atoms with Gasteiger partial charge < -0.3 is 5.11 Å². The van der Waals surface area contributed by atoms with Crippen molar-refractivity contribution in [3.05, 3.63) is 42.1 Å². The molecule has 3 heteroatoms. The minimum Gasteiger partial charge on any atom is -0.392 e. The average molecular weight is 259 g/mol. The number of pyridine rings is 1. The maximum absolute atomic E-state index is 10.2. The Morgan fingerprint density at radius 1 is 1.28 bits per heavy atom. The molecule has 1 aliphatic rings. The van der Waals surface area contributed by atoms with Crippen LogP contribution in [0.25, 0.3) is 10.9 Å². The van der Waals surface area contributed by atoms with Crippen LogP contribution in [-0.4, -0.2) is 27.7 Å². The van der Waals surface area contributed by atoms with E-state index in [9.17, 15) is 5.11 Å². The summed E-state index contributed by atoms with van der Waals surface area (Å²) in [4.78, 5) is 4.62. The van der Waals surface area contributed by atoms with E-state index in [-0.39, 0.29) is 6.10 Å². The molecule has 2 unspecified atom stereocenters. The van der Waals surface area contributed by atoms with Gasteiger partial charge in [0.1, 0.15) is 0 Å². The van der Waals surface area contributed by atoms with Gasteiger partial charge >= 0.3 is 0 Å². The van der Waals surface area contributed by atoms with Crippen LogP contribution < -0.4 is 0 Å². The maximum atomic E-state index is 10.2. The van der Waals surface area contributed by atoms with Gasteiger partial charge in [0.05, 0.1) is 11.6 Å². The predicted octanol–water partition coefficient (Wildman–Crippen LogP) is 2.89. The smallest absolute Gasteiger partial charge is 0.0705 e. The molecule has 2 atom stereocenters. The highest BCUT2D eigenvalue weighted by Crippen LogP contribution is 2.27. The zero-order valence-corrected chi connectivity index (χ0v) is 11.1. The second-order valence-electron chi connectivity index (χ2n) is 4.89. The Bertz CT molecular complexity index is 537. The molecule has 2 aromatic rings. The van der Waals surface area contributed by atoms with Gasteiger partial charge in [0.2, 0.25) is 0 Å². The molecule has 0 amide bonds. The molecule has 1 aliphatic heterocycles. The van der Waals surface area contributed by atoms with E-state index in [4.69, 9.17) is 0 Å². The largest absolute Gasteiger partial charge is 0.392 e. The third-order valence-electron chi connectivity index (χ3n) is 3.58. The minimum atomic E-state index is -0.242. The number of aliphatic hydroxyl groups excluding tert-OH is 1. The number of rotatable bonds is 3. The molecule has 1 aromatic heterocycles. The van der Waals surface area contributed by atoms with Crippen LogP contribution in [0.3, 0.4) is 0 Å². The fourth-order valence-electron chi connectivity index (χ4n) is 2.46. The molecule has 18 heavy (non-hydrogen) atoms. The zero-order valence-electron chi connectivity index (χ0n) is 10.2. The topological polar surface area (TPSA) is 33.1 Å². The summed E-state index contributed by atoms with van der Waals surface area (Å²) in [5.41, 5.74) is 2.01. The van der Waals surface area contributed by atoms with Crippen molar-refractivity contribution < 1.29 is 5.11 Å². The Balaban J connectivity index is 1.77. The second kappa shape index (κ2) is 5.29. The first-order valence-corrected chi connectivity index (χ1v) is 7.59. The molecule has 2 heterocycles. The normalized spacial score (nSPS) is 21.3. The Morgan fingerprint density at radius 2 is 2.17 bits per heavy atom. The lowest BCUT2D eigenvalue weighted by atomic mass is 9.97. The summed E-state index contributed by atoms with van der Waals surface area (Å²) in [6.45, 7) is 0. The van der Waals surface area contributed by atoms with E-state index in [1.54, 1.807) is 0 Å². The molecule has 1 saturated heterocycles. The Hall–Kier alpha value is -1.06. The van der Waals surface area contributed by atoms with Crippen LogP contribution in [0.4, 0.5) is 0 Å². The van der Waals surface area contributed by atoms with Gasteiger partial charge in [0.15, 0.2) is 0 Å². The van der Waals surface area contributed by atoms with Crippen LogP contribution in [0.15, 0.2) is 36.4 Å². The molecule has 3 rings (SSSR count). The van der Waals surface area contributed by atoms with Gasteiger partial charge in [-0.25, -0.2) is 0 Å². The summed E-state index contributed by atoms with van der Waals surface area (Å²) in [5.74, 6) is 2.73. The minimum absolute atomic E-state index is 0.242. The van der Waals surface area contributed by atoms with Gasteiger partial charge in [-0.15, -0.1) is 0 Å². The summed E-state index contributed by atoms with van der Waals surface area (Å²) >= 11 is 1.94. The van der Waals surface area contributed by atoms with Crippen molar-refractivity contribution in [1.82, 2.24) is 4.98 Å². The van der Waals surface area contributed by atoms with Gasteiger partial charge in [0.25, 0.3) is 0 Å². The number of aromatic nitrogens is 1. The quantitative estimate of drug-likeness (QED) is 0.920. The van der Waals surface area contributed by atoms with Crippen molar-refractivity contribution in [1.29, 1.82) is 0 Å². The van der Waals surface area contributed by atoms with E-state index in [0.29, 0.717) is 12.3 Å². The molecule has 0 saturated carbocycles. The van der Waals surface area contributed by atoms with E-state index >= 15 is 0 Å². The molecule has 0 spiro atoms. The molecule has 1 N–H and O–H groups in total. The van der Waals surface area contributed by atoms with E-state index in [1.807, 2.05) is 36.0 Å². The van der Waals surface area contributed by atoms with E-state index in [0.717, 1.165) is 28.8 Å². The van der Waals surface area contributed by atoms with E-state index in [1.165, 1.54) is 5.75 Å². The maximum Gasteiger partial charge on any atom is 0.0705 e. The third-order valence-corrected chi connectivity index (χ3v) is 4.77. The molecule has 1 aromatic carbocycles. The van der Waals surface area contributed by atoms with Crippen LogP contribution in [0.2, 0.25) is 0 Å². The lowest BCUT2D eigenvalue weighted by molar-refractivity contribution is 0.119. The summed E-state index contributed by atoms with van der Waals surface area (Å²) in [7, 11) is 0. The van der Waals surface area contributed by atoms with E-state index in [2.05, 4.69) is 17.1 Å². The summed E-state index contributed by atoms with van der Waals surface area (Å²) in [5, 5.41) is 11.4. The number of hydrogen-bond acceptors (Lipinski definition) is 3. The van der Waals surface area contributed by atoms with Crippen molar-refractivity contribution in [3.8, 4) is 0 Å².